The molecule has 0 amide bonds. The van der Waals surface area contributed by atoms with Crippen molar-refractivity contribution < 1.29 is 0 Å². The SMILES string of the molecule is c1ccc(Cc2nnc(N3CCCNCC3)c3ccccc23)cc1. The Hall–Kier alpha value is -2.46. The van der Waals surface area contributed by atoms with Gasteiger partial charge in [0.05, 0.1) is 5.69 Å². The van der Waals surface area contributed by atoms with Crippen LogP contribution in [-0.2, 0) is 6.42 Å². The summed E-state index contributed by atoms with van der Waals surface area (Å²) in [6, 6.07) is 19.0. The first-order valence-corrected chi connectivity index (χ1v) is 8.66. The first kappa shape index (κ1) is 15.1. The van der Waals surface area contributed by atoms with Crippen LogP contribution in [0, 0.1) is 0 Å². The summed E-state index contributed by atoms with van der Waals surface area (Å²) in [6.07, 6.45) is 1.96. The molecule has 0 bridgehead atoms. The van der Waals surface area contributed by atoms with Crippen LogP contribution >= 0.6 is 0 Å². The number of rotatable bonds is 3. The molecule has 1 aliphatic heterocycles. The molecule has 0 radical (unpaired) electrons. The molecular weight excluding hydrogens is 296 g/mol. The number of fused-ring (bicyclic) bond motifs is 1. The Morgan fingerprint density at radius 3 is 2.50 bits per heavy atom. The van der Waals surface area contributed by atoms with Crippen molar-refractivity contribution in [2.75, 3.05) is 31.1 Å². The molecule has 0 atom stereocenters. The molecule has 4 rings (SSSR count). The summed E-state index contributed by atoms with van der Waals surface area (Å²) in [5.74, 6) is 1.02. The summed E-state index contributed by atoms with van der Waals surface area (Å²) in [7, 11) is 0. The Labute approximate surface area is 142 Å². The van der Waals surface area contributed by atoms with Crippen molar-refractivity contribution in [3.63, 3.8) is 0 Å². The minimum atomic E-state index is 0.816. The van der Waals surface area contributed by atoms with E-state index in [1.165, 1.54) is 16.3 Å². The fraction of sp³-hybridized carbons (Fsp3) is 0.300. The zero-order chi connectivity index (χ0) is 16.2. The maximum atomic E-state index is 4.62. The highest BCUT2D eigenvalue weighted by Gasteiger charge is 2.16. The zero-order valence-corrected chi connectivity index (χ0v) is 13.8. The van der Waals surface area contributed by atoms with E-state index in [0.717, 1.165) is 50.5 Å². The highest BCUT2D eigenvalue weighted by Crippen LogP contribution is 2.27. The van der Waals surface area contributed by atoms with Crippen LogP contribution in [-0.4, -0.2) is 36.4 Å². The molecule has 3 aromatic rings. The van der Waals surface area contributed by atoms with Crippen LogP contribution in [0.3, 0.4) is 0 Å². The average molecular weight is 318 g/mol. The van der Waals surface area contributed by atoms with E-state index in [1.807, 2.05) is 6.07 Å². The predicted octanol–water partition coefficient (Wildman–Crippen LogP) is 3.02. The van der Waals surface area contributed by atoms with Gasteiger partial charge in [-0.3, -0.25) is 0 Å². The second kappa shape index (κ2) is 6.97. The number of benzene rings is 2. The fourth-order valence-electron chi connectivity index (χ4n) is 3.36. The minimum Gasteiger partial charge on any atom is -0.353 e. The van der Waals surface area contributed by atoms with E-state index < -0.39 is 0 Å². The van der Waals surface area contributed by atoms with Crippen molar-refractivity contribution in [3.8, 4) is 0 Å². The van der Waals surface area contributed by atoms with E-state index in [-0.39, 0.29) is 0 Å². The van der Waals surface area contributed by atoms with Crippen molar-refractivity contribution in [1.29, 1.82) is 0 Å². The van der Waals surface area contributed by atoms with Gasteiger partial charge in [0.25, 0.3) is 0 Å². The molecule has 4 heteroatoms. The van der Waals surface area contributed by atoms with Gasteiger partial charge in [0.15, 0.2) is 5.82 Å². The van der Waals surface area contributed by atoms with Crippen LogP contribution in [0.4, 0.5) is 5.82 Å². The largest absolute Gasteiger partial charge is 0.353 e. The van der Waals surface area contributed by atoms with Crippen molar-refractivity contribution in [1.82, 2.24) is 15.5 Å². The highest BCUT2D eigenvalue weighted by atomic mass is 15.3. The standard InChI is InChI=1S/C20H22N4/c1-2-7-16(8-3-1)15-19-17-9-4-5-10-18(17)20(23-22-19)24-13-6-11-21-12-14-24/h1-5,7-10,21H,6,11-15H2. The zero-order valence-electron chi connectivity index (χ0n) is 13.8. The van der Waals surface area contributed by atoms with Gasteiger partial charge in [0.2, 0.25) is 0 Å². The lowest BCUT2D eigenvalue weighted by Gasteiger charge is -2.22. The van der Waals surface area contributed by atoms with Gasteiger partial charge >= 0.3 is 0 Å². The smallest absolute Gasteiger partial charge is 0.159 e. The maximum absolute atomic E-state index is 4.62. The lowest BCUT2D eigenvalue weighted by Crippen LogP contribution is -2.29. The fourth-order valence-corrected chi connectivity index (χ4v) is 3.36. The highest BCUT2D eigenvalue weighted by molar-refractivity contribution is 5.93. The second-order valence-electron chi connectivity index (χ2n) is 6.27. The van der Waals surface area contributed by atoms with Gasteiger partial charge in [0, 0.05) is 36.8 Å². The number of nitrogens with one attached hydrogen (secondary N) is 1. The van der Waals surface area contributed by atoms with Crippen LogP contribution in [0.5, 0.6) is 0 Å². The number of hydrogen-bond donors (Lipinski definition) is 1. The number of aromatic nitrogens is 2. The Bertz CT molecular complexity index is 808. The summed E-state index contributed by atoms with van der Waals surface area (Å²) < 4.78 is 0. The van der Waals surface area contributed by atoms with Crippen molar-refractivity contribution in [2.24, 2.45) is 0 Å². The van der Waals surface area contributed by atoms with Gasteiger partial charge in [-0.2, -0.15) is 5.10 Å². The molecule has 1 fully saturated rings. The van der Waals surface area contributed by atoms with E-state index in [2.05, 4.69) is 68.9 Å². The van der Waals surface area contributed by atoms with Gasteiger partial charge in [-0.25, -0.2) is 0 Å². The predicted molar refractivity (Wildman–Crippen MR) is 98.5 cm³/mol. The second-order valence-corrected chi connectivity index (χ2v) is 6.27. The molecule has 4 nitrogen and oxygen atoms in total. The van der Waals surface area contributed by atoms with Gasteiger partial charge < -0.3 is 10.2 Å². The third-order valence-electron chi connectivity index (χ3n) is 4.60. The lowest BCUT2D eigenvalue weighted by atomic mass is 10.0. The molecule has 1 aromatic heterocycles. The monoisotopic (exact) mass is 318 g/mol. The third kappa shape index (κ3) is 3.10. The Balaban J connectivity index is 1.74. The lowest BCUT2D eigenvalue weighted by molar-refractivity contribution is 0.724. The summed E-state index contributed by atoms with van der Waals surface area (Å²) in [5, 5.41) is 15.1. The molecule has 1 aliphatic rings. The van der Waals surface area contributed by atoms with E-state index in [9.17, 15) is 0 Å². The number of hydrogen-bond acceptors (Lipinski definition) is 4. The van der Waals surface area contributed by atoms with E-state index in [0.29, 0.717) is 0 Å². The van der Waals surface area contributed by atoms with Crippen LogP contribution in [0.25, 0.3) is 10.8 Å². The topological polar surface area (TPSA) is 41.1 Å². The molecule has 122 valence electrons. The van der Waals surface area contributed by atoms with Gasteiger partial charge in [0.1, 0.15) is 0 Å². The van der Waals surface area contributed by atoms with Crippen molar-refractivity contribution in [3.05, 3.63) is 65.9 Å². The molecule has 2 aromatic carbocycles. The summed E-state index contributed by atoms with van der Waals surface area (Å²) >= 11 is 0. The first-order valence-electron chi connectivity index (χ1n) is 8.66. The maximum Gasteiger partial charge on any atom is 0.159 e. The molecule has 0 spiro atoms. The van der Waals surface area contributed by atoms with Crippen LogP contribution in [0.2, 0.25) is 0 Å². The number of nitrogens with zero attached hydrogens (tertiary/aromatic N) is 3. The Morgan fingerprint density at radius 2 is 1.62 bits per heavy atom. The van der Waals surface area contributed by atoms with Gasteiger partial charge in [-0.1, -0.05) is 54.6 Å². The summed E-state index contributed by atoms with van der Waals surface area (Å²) in [5.41, 5.74) is 2.32. The molecule has 1 N–H and O–H groups in total. The minimum absolute atomic E-state index is 0.816. The van der Waals surface area contributed by atoms with Gasteiger partial charge in [-0.15, -0.1) is 5.10 Å². The van der Waals surface area contributed by atoms with E-state index in [1.54, 1.807) is 0 Å². The third-order valence-corrected chi connectivity index (χ3v) is 4.60. The van der Waals surface area contributed by atoms with Crippen molar-refractivity contribution >= 4 is 16.6 Å². The molecule has 0 unspecified atom stereocenters. The van der Waals surface area contributed by atoms with Crippen molar-refractivity contribution in [2.45, 2.75) is 12.8 Å². The normalized spacial score (nSPS) is 15.4. The summed E-state index contributed by atoms with van der Waals surface area (Å²) in [6.45, 7) is 4.09. The van der Waals surface area contributed by atoms with E-state index >= 15 is 0 Å². The van der Waals surface area contributed by atoms with Gasteiger partial charge in [-0.05, 0) is 18.5 Å². The molecule has 0 aliphatic carbocycles. The Morgan fingerprint density at radius 1 is 0.833 bits per heavy atom. The molecular formula is C20H22N4. The Kier molecular flexibility index (Phi) is 4.38. The average Bonchev–Trinajstić information content (AvgIpc) is 2.92. The van der Waals surface area contributed by atoms with Crippen LogP contribution in [0.1, 0.15) is 17.7 Å². The van der Waals surface area contributed by atoms with E-state index in [4.69, 9.17) is 0 Å². The molecule has 24 heavy (non-hydrogen) atoms. The number of anilines is 1. The summed E-state index contributed by atoms with van der Waals surface area (Å²) in [4.78, 5) is 2.36. The van der Waals surface area contributed by atoms with Crippen LogP contribution in [0.15, 0.2) is 54.6 Å². The molecule has 1 saturated heterocycles. The molecule has 2 heterocycles. The first-order chi connectivity index (χ1) is 11.9. The quantitative estimate of drug-likeness (QED) is 0.806. The molecule has 0 saturated carbocycles. The van der Waals surface area contributed by atoms with Crippen LogP contribution < -0.4 is 10.2 Å².